The van der Waals surface area contributed by atoms with E-state index in [1.54, 1.807) is 6.20 Å². The van der Waals surface area contributed by atoms with Crippen molar-refractivity contribution in [3.8, 4) is 0 Å². The molecule has 130 valence electrons. The van der Waals surface area contributed by atoms with E-state index in [-0.39, 0.29) is 11.4 Å². The summed E-state index contributed by atoms with van der Waals surface area (Å²) in [4.78, 5) is 16.4. The number of anilines is 2. The minimum atomic E-state index is 0.0635. The zero-order chi connectivity index (χ0) is 16.7. The molecule has 1 amide bonds. The topological polar surface area (TPSA) is 54.0 Å². The average molecular weight is 327 g/mol. The Balaban J connectivity index is 1.40. The Kier molecular flexibility index (Phi) is 4.01. The van der Waals surface area contributed by atoms with Crippen LogP contribution in [0.1, 0.15) is 58.8 Å². The molecule has 4 saturated carbocycles. The standard InChI is InChI=1S/C20H29N3O/c1-13(2)5-19(24)22-17-3-4-18(21-12-17)23-20-9-14-6-15(10-20)8-16(7-14)11-20/h3-4,12-16H,5-11H2,1-2H3,(H,21,23)(H,22,24). The first-order valence-electron chi connectivity index (χ1n) is 9.54. The number of carbonyl (C=O) groups is 1. The van der Waals surface area contributed by atoms with Crippen molar-refractivity contribution in [2.75, 3.05) is 10.6 Å². The number of amides is 1. The third-order valence-corrected chi connectivity index (χ3v) is 6.07. The maximum Gasteiger partial charge on any atom is 0.224 e. The van der Waals surface area contributed by atoms with Gasteiger partial charge in [-0.3, -0.25) is 4.79 Å². The Morgan fingerprint density at radius 3 is 2.29 bits per heavy atom. The summed E-state index contributed by atoms with van der Waals surface area (Å²) >= 11 is 0. The summed E-state index contributed by atoms with van der Waals surface area (Å²) in [7, 11) is 0. The van der Waals surface area contributed by atoms with Crippen molar-refractivity contribution in [3.63, 3.8) is 0 Å². The summed E-state index contributed by atoms with van der Waals surface area (Å²) in [5, 5.41) is 6.71. The largest absolute Gasteiger partial charge is 0.365 e. The number of rotatable bonds is 5. The molecular formula is C20H29N3O. The first-order valence-corrected chi connectivity index (χ1v) is 9.54. The lowest BCUT2D eigenvalue weighted by molar-refractivity contribution is -0.116. The third-order valence-electron chi connectivity index (χ3n) is 6.07. The molecule has 4 fully saturated rings. The first kappa shape index (κ1) is 15.9. The zero-order valence-corrected chi connectivity index (χ0v) is 14.8. The second-order valence-corrected chi connectivity index (χ2v) is 8.90. The quantitative estimate of drug-likeness (QED) is 0.840. The summed E-state index contributed by atoms with van der Waals surface area (Å²) in [6.07, 6.45) is 10.6. The monoisotopic (exact) mass is 327 g/mol. The van der Waals surface area contributed by atoms with Gasteiger partial charge in [-0.15, -0.1) is 0 Å². The van der Waals surface area contributed by atoms with E-state index < -0.39 is 0 Å². The molecule has 4 aliphatic rings. The van der Waals surface area contributed by atoms with Gasteiger partial charge in [0.05, 0.1) is 11.9 Å². The van der Waals surface area contributed by atoms with Gasteiger partial charge in [-0.05, 0) is 74.3 Å². The highest BCUT2D eigenvalue weighted by Crippen LogP contribution is 2.56. The lowest BCUT2D eigenvalue weighted by Gasteiger charge is -2.57. The van der Waals surface area contributed by atoms with Crippen molar-refractivity contribution in [2.24, 2.45) is 23.7 Å². The summed E-state index contributed by atoms with van der Waals surface area (Å²) in [6, 6.07) is 3.98. The number of nitrogens with one attached hydrogen (secondary N) is 2. The van der Waals surface area contributed by atoms with E-state index in [1.807, 2.05) is 12.1 Å². The average Bonchev–Trinajstić information content (AvgIpc) is 2.46. The molecule has 0 saturated heterocycles. The molecule has 24 heavy (non-hydrogen) atoms. The summed E-state index contributed by atoms with van der Waals surface area (Å²) in [5.74, 6) is 4.18. The molecule has 4 heteroatoms. The molecule has 4 aliphatic carbocycles. The van der Waals surface area contributed by atoms with Crippen LogP contribution in [0.5, 0.6) is 0 Å². The molecule has 1 heterocycles. The summed E-state index contributed by atoms with van der Waals surface area (Å²) < 4.78 is 0. The van der Waals surface area contributed by atoms with E-state index in [9.17, 15) is 4.79 Å². The fourth-order valence-electron chi connectivity index (χ4n) is 5.66. The fraction of sp³-hybridized carbons (Fsp3) is 0.700. The van der Waals surface area contributed by atoms with E-state index in [0.29, 0.717) is 12.3 Å². The van der Waals surface area contributed by atoms with Gasteiger partial charge < -0.3 is 10.6 Å². The molecule has 5 rings (SSSR count). The predicted octanol–water partition coefficient (Wildman–Crippen LogP) is 4.45. The molecule has 1 aromatic rings. The highest BCUT2D eigenvalue weighted by molar-refractivity contribution is 5.90. The maximum absolute atomic E-state index is 11.9. The molecule has 0 unspecified atom stereocenters. The third kappa shape index (κ3) is 3.28. The van der Waals surface area contributed by atoms with Crippen molar-refractivity contribution in [2.45, 2.75) is 64.3 Å². The summed E-state index contributed by atoms with van der Waals surface area (Å²) in [6.45, 7) is 4.10. The van der Waals surface area contributed by atoms with E-state index >= 15 is 0 Å². The molecule has 0 aliphatic heterocycles. The van der Waals surface area contributed by atoms with Crippen LogP contribution in [0.25, 0.3) is 0 Å². The molecule has 2 N–H and O–H groups in total. The van der Waals surface area contributed by atoms with E-state index in [2.05, 4.69) is 29.5 Å². The van der Waals surface area contributed by atoms with E-state index in [4.69, 9.17) is 0 Å². The van der Waals surface area contributed by atoms with Crippen LogP contribution in [0.2, 0.25) is 0 Å². The van der Waals surface area contributed by atoms with Gasteiger partial charge in [0.2, 0.25) is 5.91 Å². The Bertz CT molecular complexity index is 573. The second-order valence-electron chi connectivity index (χ2n) is 8.90. The van der Waals surface area contributed by atoms with Gasteiger partial charge in [0.1, 0.15) is 5.82 Å². The normalized spacial score (nSPS) is 33.7. The van der Waals surface area contributed by atoms with Crippen LogP contribution in [-0.2, 0) is 4.79 Å². The van der Waals surface area contributed by atoms with Gasteiger partial charge in [-0.1, -0.05) is 13.8 Å². The maximum atomic E-state index is 11.9. The Hall–Kier alpha value is -1.58. The number of nitrogens with zero attached hydrogens (tertiary/aromatic N) is 1. The van der Waals surface area contributed by atoms with Crippen LogP contribution in [-0.4, -0.2) is 16.4 Å². The minimum absolute atomic E-state index is 0.0635. The van der Waals surface area contributed by atoms with Crippen LogP contribution < -0.4 is 10.6 Å². The highest BCUT2D eigenvalue weighted by atomic mass is 16.1. The SMILES string of the molecule is CC(C)CC(=O)Nc1ccc(NC23CC4CC(CC(C4)C2)C3)nc1. The minimum Gasteiger partial charge on any atom is -0.365 e. The lowest BCUT2D eigenvalue weighted by atomic mass is 9.53. The number of hydrogen-bond donors (Lipinski definition) is 2. The Labute approximate surface area is 144 Å². The van der Waals surface area contributed by atoms with Crippen LogP contribution in [0, 0.1) is 23.7 Å². The van der Waals surface area contributed by atoms with Crippen molar-refractivity contribution in [1.82, 2.24) is 4.98 Å². The molecule has 0 aromatic carbocycles. The first-order chi connectivity index (χ1) is 11.5. The van der Waals surface area contributed by atoms with Crippen LogP contribution >= 0.6 is 0 Å². The van der Waals surface area contributed by atoms with Gasteiger partial charge in [-0.2, -0.15) is 0 Å². The predicted molar refractivity (Wildman–Crippen MR) is 96.8 cm³/mol. The fourth-order valence-corrected chi connectivity index (χ4v) is 5.66. The van der Waals surface area contributed by atoms with Crippen molar-refractivity contribution in [1.29, 1.82) is 0 Å². The zero-order valence-electron chi connectivity index (χ0n) is 14.8. The van der Waals surface area contributed by atoms with Gasteiger partial charge >= 0.3 is 0 Å². The van der Waals surface area contributed by atoms with E-state index in [1.165, 1.54) is 38.5 Å². The van der Waals surface area contributed by atoms with Crippen LogP contribution in [0.4, 0.5) is 11.5 Å². The number of pyridine rings is 1. The van der Waals surface area contributed by atoms with Crippen LogP contribution in [0.3, 0.4) is 0 Å². The molecule has 0 atom stereocenters. The Morgan fingerprint density at radius 2 is 1.79 bits per heavy atom. The van der Waals surface area contributed by atoms with Crippen molar-refractivity contribution >= 4 is 17.4 Å². The number of carbonyl (C=O) groups excluding carboxylic acids is 1. The van der Waals surface area contributed by atoms with Crippen LogP contribution in [0.15, 0.2) is 18.3 Å². The molecule has 0 spiro atoms. The van der Waals surface area contributed by atoms with Crippen molar-refractivity contribution in [3.05, 3.63) is 18.3 Å². The van der Waals surface area contributed by atoms with Gasteiger partial charge in [0.15, 0.2) is 0 Å². The smallest absolute Gasteiger partial charge is 0.224 e. The highest BCUT2D eigenvalue weighted by Gasteiger charge is 2.51. The van der Waals surface area contributed by atoms with Gasteiger partial charge in [-0.25, -0.2) is 4.98 Å². The summed E-state index contributed by atoms with van der Waals surface area (Å²) in [5.41, 5.74) is 1.07. The number of aromatic nitrogens is 1. The van der Waals surface area contributed by atoms with Crippen molar-refractivity contribution < 1.29 is 4.79 Å². The molecule has 4 bridgehead atoms. The second kappa shape index (κ2) is 6.05. The lowest BCUT2D eigenvalue weighted by Crippen LogP contribution is -2.54. The molecular weight excluding hydrogens is 298 g/mol. The Morgan fingerprint density at radius 1 is 1.17 bits per heavy atom. The molecule has 4 nitrogen and oxygen atoms in total. The number of hydrogen-bond acceptors (Lipinski definition) is 3. The molecule has 1 aromatic heterocycles. The molecule has 0 radical (unpaired) electrons. The van der Waals surface area contributed by atoms with Gasteiger partial charge in [0.25, 0.3) is 0 Å². The van der Waals surface area contributed by atoms with Gasteiger partial charge in [0, 0.05) is 12.0 Å². The van der Waals surface area contributed by atoms with E-state index in [0.717, 1.165) is 29.3 Å².